The second-order valence-corrected chi connectivity index (χ2v) is 7.37. The van der Waals surface area contributed by atoms with E-state index in [2.05, 4.69) is 17.1 Å². The van der Waals surface area contributed by atoms with Crippen LogP contribution in [0.5, 0.6) is 0 Å². The van der Waals surface area contributed by atoms with Gasteiger partial charge in [-0.25, -0.2) is 4.79 Å². The molecule has 0 radical (unpaired) electrons. The number of rotatable bonds is 5. The standard InChI is InChI=1S/C21H23N3O5/c1-13-8-10-23(11-9-13)19-7-6-15(24(28)29)12-17(19)20(25)22-18-5-3-4-16(14(18)2)21(26)27/h3-7,12-13H,8-11H2,1-2H3,(H,22,25)(H,26,27). The van der Waals surface area contributed by atoms with Gasteiger partial charge in [-0.2, -0.15) is 0 Å². The van der Waals surface area contributed by atoms with Crippen LogP contribution in [0.15, 0.2) is 36.4 Å². The van der Waals surface area contributed by atoms with Crippen LogP contribution in [-0.4, -0.2) is 35.0 Å². The zero-order chi connectivity index (χ0) is 21.1. The summed E-state index contributed by atoms with van der Waals surface area (Å²) in [4.78, 5) is 37.2. The molecular formula is C21H23N3O5. The molecule has 2 N–H and O–H groups in total. The second-order valence-electron chi connectivity index (χ2n) is 7.37. The van der Waals surface area contributed by atoms with E-state index in [0.717, 1.165) is 25.9 Å². The molecule has 1 aliphatic rings. The first-order valence-electron chi connectivity index (χ1n) is 9.45. The zero-order valence-corrected chi connectivity index (χ0v) is 16.3. The van der Waals surface area contributed by atoms with Crippen LogP contribution in [0, 0.1) is 23.0 Å². The van der Waals surface area contributed by atoms with Gasteiger partial charge < -0.3 is 15.3 Å². The van der Waals surface area contributed by atoms with Crippen molar-refractivity contribution in [1.82, 2.24) is 0 Å². The third-order valence-electron chi connectivity index (χ3n) is 5.37. The van der Waals surface area contributed by atoms with E-state index in [9.17, 15) is 24.8 Å². The Morgan fingerprint density at radius 1 is 1.17 bits per heavy atom. The molecular weight excluding hydrogens is 374 g/mol. The van der Waals surface area contributed by atoms with Crippen LogP contribution in [0.3, 0.4) is 0 Å². The van der Waals surface area contributed by atoms with Crippen molar-refractivity contribution < 1.29 is 19.6 Å². The minimum Gasteiger partial charge on any atom is -0.478 e. The SMILES string of the molecule is Cc1c(NC(=O)c2cc([N+](=O)[O-])ccc2N2CCC(C)CC2)cccc1C(=O)O. The average Bonchev–Trinajstić information content (AvgIpc) is 2.69. The molecule has 0 bridgehead atoms. The summed E-state index contributed by atoms with van der Waals surface area (Å²) >= 11 is 0. The van der Waals surface area contributed by atoms with E-state index in [4.69, 9.17) is 0 Å². The van der Waals surface area contributed by atoms with Crippen molar-refractivity contribution in [1.29, 1.82) is 0 Å². The molecule has 1 amide bonds. The zero-order valence-electron chi connectivity index (χ0n) is 16.3. The number of benzene rings is 2. The van der Waals surface area contributed by atoms with E-state index in [1.807, 2.05) is 0 Å². The molecule has 2 aromatic rings. The summed E-state index contributed by atoms with van der Waals surface area (Å²) in [5, 5.41) is 23.2. The maximum absolute atomic E-state index is 13.0. The first-order valence-corrected chi connectivity index (χ1v) is 9.45. The smallest absolute Gasteiger partial charge is 0.336 e. The van der Waals surface area contributed by atoms with Gasteiger partial charge in [-0.1, -0.05) is 13.0 Å². The maximum Gasteiger partial charge on any atom is 0.336 e. The molecule has 3 rings (SSSR count). The summed E-state index contributed by atoms with van der Waals surface area (Å²) in [6.45, 7) is 5.33. The molecule has 1 heterocycles. The Kier molecular flexibility index (Phi) is 5.81. The number of carboxylic acids is 1. The van der Waals surface area contributed by atoms with E-state index in [-0.39, 0.29) is 16.8 Å². The van der Waals surface area contributed by atoms with Crippen molar-refractivity contribution in [2.75, 3.05) is 23.3 Å². The number of non-ortho nitro benzene ring substituents is 1. The molecule has 0 aliphatic carbocycles. The monoisotopic (exact) mass is 397 g/mol. The Hall–Kier alpha value is -3.42. The highest BCUT2D eigenvalue weighted by Gasteiger charge is 2.24. The number of carbonyl (C=O) groups excluding carboxylic acids is 1. The summed E-state index contributed by atoms with van der Waals surface area (Å²) in [5.74, 6) is -0.993. The van der Waals surface area contributed by atoms with Gasteiger partial charge in [0.15, 0.2) is 0 Å². The van der Waals surface area contributed by atoms with Crippen molar-refractivity contribution >= 4 is 28.9 Å². The Labute approximate surface area is 168 Å². The summed E-state index contributed by atoms with van der Waals surface area (Å²) < 4.78 is 0. The number of aromatic carboxylic acids is 1. The summed E-state index contributed by atoms with van der Waals surface area (Å²) in [7, 11) is 0. The van der Waals surface area contributed by atoms with Gasteiger partial charge in [0.2, 0.25) is 0 Å². The van der Waals surface area contributed by atoms with Crippen LogP contribution in [0.1, 0.15) is 46.0 Å². The number of nitro groups is 1. The van der Waals surface area contributed by atoms with Gasteiger partial charge in [0.1, 0.15) is 0 Å². The van der Waals surface area contributed by atoms with Crippen molar-refractivity contribution in [3.05, 3.63) is 63.2 Å². The molecule has 1 aliphatic heterocycles. The second kappa shape index (κ2) is 8.30. The first kappa shape index (κ1) is 20.3. The van der Waals surface area contributed by atoms with Gasteiger partial charge in [0, 0.05) is 30.9 Å². The number of nitro benzene ring substituents is 1. The van der Waals surface area contributed by atoms with Crippen LogP contribution in [0.2, 0.25) is 0 Å². The number of carbonyl (C=O) groups is 2. The molecule has 1 fully saturated rings. The normalized spacial score (nSPS) is 14.5. The van der Waals surface area contributed by atoms with Crippen molar-refractivity contribution in [2.45, 2.75) is 26.7 Å². The number of hydrogen-bond donors (Lipinski definition) is 2. The van der Waals surface area contributed by atoms with Gasteiger partial charge in [0.25, 0.3) is 11.6 Å². The van der Waals surface area contributed by atoms with Crippen molar-refractivity contribution in [2.24, 2.45) is 5.92 Å². The van der Waals surface area contributed by atoms with E-state index >= 15 is 0 Å². The summed E-state index contributed by atoms with van der Waals surface area (Å²) in [6, 6.07) is 8.91. The van der Waals surface area contributed by atoms with Gasteiger partial charge in [-0.15, -0.1) is 0 Å². The molecule has 0 saturated carbocycles. The Morgan fingerprint density at radius 3 is 2.48 bits per heavy atom. The summed E-state index contributed by atoms with van der Waals surface area (Å²) in [6.07, 6.45) is 1.97. The van der Waals surface area contributed by atoms with Crippen LogP contribution in [-0.2, 0) is 0 Å². The highest BCUT2D eigenvalue weighted by molar-refractivity contribution is 6.09. The fourth-order valence-electron chi connectivity index (χ4n) is 3.54. The number of piperidine rings is 1. The van der Waals surface area contributed by atoms with E-state index in [1.54, 1.807) is 25.1 Å². The Balaban J connectivity index is 1.96. The van der Waals surface area contributed by atoms with Gasteiger partial charge in [0.05, 0.1) is 21.7 Å². The minimum atomic E-state index is -1.09. The molecule has 2 aromatic carbocycles. The van der Waals surface area contributed by atoms with Crippen LogP contribution in [0.4, 0.5) is 17.1 Å². The molecule has 0 unspecified atom stereocenters. The fraction of sp³-hybridized carbons (Fsp3) is 0.333. The lowest BCUT2D eigenvalue weighted by molar-refractivity contribution is -0.384. The van der Waals surface area contributed by atoms with Crippen LogP contribution >= 0.6 is 0 Å². The van der Waals surface area contributed by atoms with Crippen molar-refractivity contribution in [3.63, 3.8) is 0 Å². The van der Waals surface area contributed by atoms with Gasteiger partial charge in [-0.3, -0.25) is 14.9 Å². The Morgan fingerprint density at radius 2 is 1.86 bits per heavy atom. The molecule has 29 heavy (non-hydrogen) atoms. The lowest BCUT2D eigenvalue weighted by Gasteiger charge is -2.33. The number of hydrogen-bond acceptors (Lipinski definition) is 5. The first-order chi connectivity index (χ1) is 13.8. The summed E-state index contributed by atoms with van der Waals surface area (Å²) in [5.41, 5.74) is 1.56. The molecule has 1 saturated heterocycles. The fourth-order valence-corrected chi connectivity index (χ4v) is 3.54. The lowest BCUT2D eigenvalue weighted by Crippen LogP contribution is -2.34. The van der Waals surface area contributed by atoms with Crippen LogP contribution < -0.4 is 10.2 Å². The van der Waals surface area contributed by atoms with Crippen LogP contribution in [0.25, 0.3) is 0 Å². The predicted octanol–water partition coefficient (Wildman–Crippen LogP) is 4.09. The predicted molar refractivity (Wildman–Crippen MR) is 110 cm³/mol. The molecule has 0 atom stereocenters. The number of nitrogens with one attached hydrogen (secondary N) is 1. The highest BCUT2D eigenvalue weighted by Crippen LogP contribution is 2.30. The highest BCUT2D eigenvalue weighted by atomic mass is 16.6. The van der Waals surface area contributed by atoms with E-state index in [1.165, 1.54) is 18.2 Å². The van der Waals surface area contributed by atoms with Crippen molar-refractivity contribution in [3.8, 4) is 0 Å². The van der Waals surface area contributed by atoms with E-state index < -0.39 is 16.8 Å². The van der Waals surface area contributed by atoms with Gasteiger partial charge >= 0.3 is 5.97 Å². The Bertz CT molecular complexity index is 965. The third kappa shape index (κ3) is 4.37. The largest absolute Gasteiger partial charge is 0.478 e. The molecule has 152 valence electrons. The quantitative estimate of drug-likeness (QED) is 0.580. The molecule has 0 spiro atoms. The third-order valence-corrected chi connectivity index (χ3v) is 5.37. The average molecular weight is 397 g/mol. The maximum atomic E-state index is 13.0. The lowest BCUT2D eigenvalue weighted by atomic mass is 9.97. The number of anilines is 2. The number of amides is 1. The van der Waals surface area contributed by atoms with Gasteiger partial charge in [-0.05, 0) is 49.4 Å². The minimum absolute atomic E-state index is 0.0899. The topological polar surface area (TPSA) is 113 Å². The number of nitrogens with zero attached hydrogens (tertiary/aromatic N) is 2. The number of carboxylic acid groups (broad SMARTS) is 1. The molecule has 8 nitrogen and oxygen atoms in total. The van der Waals surface area contributed by atoms with E-state index in [0.29, 0.717) is 22.9 Å². The molecule has 0 aromatic heterocycles. The molecule has 8 heteroatoms.